The third-order valence-corrected chi connectivity index (χ3v) is 7.22. The highest BCUT2D eigenvalue weighted by Crippen LogP contribution is 2.48. The maximum atomic E-state index is 11.8. The first-order valence-corrected chi connectivity index (χ1v) is 10.8. The largest absolute Gasteiger partial charge is 0.357 e. The standard InChI is InChI=1S/C18H28ClN3O2S.HI/c1-5-20-16(21-12-17(2,3)25(4,23)24)22-13-18(9-10-18)14-7-6-8-15(19)11-14;/h6-8,11H,5,9-10,12-13H2,1-4H3,(H2,20,21,22);1H. The lowest BCUT2D eigenvalue weighted by molar-refractivity contribution is 0.554. The molecule has 8 heteroatoms. The van der Waals surface area contributed by atoms with E-state index in [1.807, 2.05) is 25.1 Å². The van der Waals surface area contributed by atoms with Gasteiger partial charge in [-0.1, -0.05) is 23.7 Å². The van der Waals surface area contributed by atoms with Gasteiger partial charge in [-0.15, -0.1) is 24.0 Å². The van der Waals surface area contributed by atoms with Gasteiger partial charge < -0.3 is 10.6 Å². The first-order chi connectivity index (χ1) is 11.6. The van der Waals surface area contributed by atoms with Crippen LogP contribution in [0.3, 0.4) is 0 Å². The molecule has 26 heavy (non-hydrogen) atoms. The Kier molecular flexibility index (Phi) is 8.23. The zero-order chi connectivity index (χ0) is 18.7. The van der Waals surface area contributed by atoms with Gasteiger partial charge in [-0.05, 0) is 51.3 Å². The molecule has 1 aromatic rings. The molecule has 5 nitrogen and oxygen atoms in total. The summed E-state index contributed by atoms with van der Waals surface area (Å²) in [5.41, 5.74) is 1.33. The Bertz CT molecular complexity index is 747. The van der Waals surface area contributed by atoms with Gasteiger partial charge in [0.15, 0.2) is 15.8 Å². The van der Waals surface area contributed by atoms with Crippen LogP contribution in [0, 0.1) is 0 Å². The molecular weight excluding hydrogens is 485 g/mol. The maximum Gasteiger partial charge on any atom is 0.191 e. The van der Waals surface area contributed by atoms with Crippen molar-refractivity contribution in [1.82, 2.24) is 10.6 Å². The summed E-state index contributed by atoms with van der Waals surface area (Å²) in [4.78, 5) is 4.48. The number of guanidine groups is 1. The molecule has 2 N–H and O–H groups in total. The second-order valence-electron chi connectivity index (χ2n) is 7.37. The molecule has 2 rings (SSSR count). The monoisotopic (exact) mass is 513 g/mol. The van der Waals surface area contributed by atoms with Crippen LogP contribution in [0.15, 0.2) is 29.3 Å². The quantitative estimate of drug-likeness (QED) is 0.333. The Morgan fingerprint density at radius 3 is 2.46 bits per heavy atom. The Morgan fingerprint density at radius 2 is 1.96 bits per heavy atom. The van der Waals surface area contributed by atoms with Gasteiger partial charge in [0.05, 0.1) is 11.3 Å². The number of rotatable bonds is 7. The SMILES string of the molecule is CCNC(=NCC(C)(C)S(C)(=O)=O)NCC1(c2cccc(Cl)c2)CC1.I. The van der Waals surface area contributed by atoms with E-state index in [4.69, 9.17) is 11.6 Å². The van der Waals surface area contributed by atoms with Crippen molar-refractivity contribution >= 4 is 51.4 Å². The van der Waals surface area contributed by atoms with Gasteiger partial charge in [-0.2, -0.15) is 0 Å². The van der Waals surface area contributed by atoms with Crippen molar-refractivity contribution in [3.63, 3.8) is 0 Å². The Labute approximate surface area is 179 Å². The first kappa shape index (κ1) is 23.5. The summed E-state index contributed by atoms with van der Waals surface area (Å²) in [5.74, 6) is 0.646. The van der Waals surface area contributed by atoms with Crippen molar-refractivity contribution in [1.29, 1.82) is 0 Å². The van der Waals surface area contributed by atoms with Crippen molar-refractivity contribution in [3.8, 4) is 0 Å². The van der Waals surface area contributed by atoms with Crippen molar-refractivity contribution in [3.05, 3.63) is 34.9 Å². The van der Waals surface area contributed by atoms with Crippen molar-refractivity contribution in [2.45, 2.75) is 43.8 Å². The van der Waals surface area contributed by atoms with E-state index in [0.717, 1.165) is 31.0 Å². The topological polar surface area (TPSA) is 70.6 Å². The van der Waals surface area contributed by atoms with E-state index in [0.29, 0.717) is 5.96 Å². The van der Waals surface area contributed by atoms with Crippen molar-refractivity contribution in [2.24, 2.45) is 4.99 Å². The molecule has 0 aliphatic heterocycles. The van der Waals surface area contributed by atoms with E-state index in [-0.39, 0.29) is 35.9 Å². The maximum absolute atomic E-state index is 11.8. The van der Waals surface area contributed by atoms with Crippen LogP contribution in [0.25, 0.3) is 0 Å². The zero-order valence-electron chi connectivity index (χ0n) is 15.8. The fourth-order valence-corrected chi connectivity index (χ4v) is 3.01. The predicted molar refractivity (Wildman–Crippen MR) is 121 cm³/mol. The molecular formula is C18H29ClIN3O2S. The molecule has 0 radical (unpaired) electrons. The lowest BCUT2D eigenvalue weighted by Gasteiger charge is -2.22. The van der Waals surface area contributed by atoms with Crippen LogP contribution in [-0.2, 0) is 15.3 Å². The fourth-order valence-electron chi connectivity index (χ4n) is 2.52. The zero-order valence-corrected chi connectivity index (χ0v) is 19.7. The Hall–Kier alpha value is -0.540. The van der Waals surface area contributed by atoms with Crippen molar-refractivity contribution in [2.75, 3.05) is 25.9 Å². The molecule has 0 heterocycles. The second kappa shape index (κ2) is 9.10. The first-order valence-electron chi connectivity index (χ1n) is 8.57. The predicted octanol–water partition coefficient (Wildman–Crippen LogP) is 3.37. The van der Waals surface area contributed by atoms with E-state index in [1.165, 1.54) is 11.8 Å². The Morgan fingerprint density at radius 1 is 1.31 bits per heavy atom. The summed E-state index contributed by atoms with van der Waals surface area (Å²) in [6.45, 7) is 7.06. The van der Waals surface area contributed by atoms with Gasteiger partial charge in [0.25, 0.3) is 0 Å². The minimum Gasteiger partial charge on any atom is -0.357 e. The normalized spacial score (nSPS) is 16.6. The summed E-state index contributed by atoms with van der Waals surface area (Å²) in [7, 11) is -3.17. The van der Waals surface area contributed by atoms with Gasteiger partial charge in [0, 0.05) is 29.8 Å². The van der Waals surface area contributed by atoms with Gasteiger partial charge in [0.1, 0.15) is 0 Å². The minimum atomic E-state index is -3.17. The number of sulfone groups is 1. The van der Waals surface area contributed by atoms with Gasteiger partial charge >= 0.3 is 0 Å². The highest BCUT2D eigenvalue weighted by atomic mass is 127. The molecule has 0 aromatic heterocycles. The molecule has 1 saturated carbocycles. The number of hydrogen-bond donors (Lipinski definition) is 2. The van der Waals surface area contributed by atoms with E-state index < -0.39 is 14.6 Å². The summed E-state index contributed by atoms with van der Waals surface area (Å²) >= 11 is 6.12. The fraction of sp³-hybridized carbons (Fsp3) is 0.611. The number of nitrogens with one attached hydrogen (secondary N) is 2. The van der Waals surface area contributed by atoms with E-state index >= 15 is 0 Å². The summed E-state index contributed by atoms with van der Waals surface area (Å²) in [6.07, 6.45) is 3.46. The van der Waals surface area contributed by atoms with E-state index in [1.54, 1.807) is 13.8 Å². The molecule has 1 aliphatic carbocycles. The second-order valence-corrected chi connectivity index (χ2v) is 10.5. The third kappa shape index (κ3) is 5.99. The molecule has 0 saturated heterocycles. The highest BCUT2D eigenvalue weighted by molar-refractivity contribution is 14.0. The smallest absolute Gasteiger partial charge is 0.191 e. The van der Waals surface area contributed by atoms with Crippen molar-refractivity contribution < 1.29 is 8.42 Å². The lowest BCUT2D eigenvalue weighted by atomic mass is 9.96. The molecule has 148 valence electrons. The van der Waals surface area contributed by atoms with Gasteiger partial charge in [-0.3, -0.25) is 4.99 Å². The van der Waals surface area contributed by atoms with Crippen LogP contribution < -0.4 is 10.6 Å². The van der Waals surface area contributed by atoms with E-state index in [9.17, 15) is 8.42 Å². The molecule has 0 amide bonds. The molecule has 1 fully saturated rings. The van der Waals surface area contributed by atoms with Crippen LogP contribution in [0.2, 0.25) is 5.02 Å². The van der Waals surface area contributed by atoms with Gasteiger partial charge in [0.2, 0.25) is 0 Å². The lowest BCUT2D eigenvalue weighted by Crippen LogP contribution is -2.43. The summed E-state index contributed by atoms with van der Waals surface area (Å²) in [5, 5.41) is 7.30. The highest BCUT2D eigenvalue weighted by Gasteiger charge is 2.44. The number of benzene rings is 1. The van der Waals surface area contributed by atoms with Crippen LogP contribution >= 0.6 is 35.6 Å². The number of hydrogen-bond acceptors (Lipinski definition) is 3. The van der Waals surface area contributed by atoms with Gasteiger partial charge in [-0.25, -0.2) is 8.42 Å². The Balaban J connectivity index is 0.00000338. The molecule has 0 spiro atoms. The molecule has 0 bridgehead atoms. The average Bonchev–Trinajstić information content (AvgIpc) is 3.30. The number of halogens is 2. The number of aliphatic imine (C=N–C) groups is 1. The third-order valence-electron chi connectivity index (χ3n) is 4.85. The number of nitrogens with zero attached hydrogens (tertiary/aromatic N) is 1. The van der Waals surface area contributed by atoms with E-state index in [2.05, 4.69) is 21.7 Å². The van der Waals surface area contributed by atoms with Crippen LogP contribution in [0.1, 0.15) is 39.2 Å². The molecule has 1 aliphatic rings. The van der Waals surface area contributed by atoms with Crippen LogP contribution in [0.4, 0.5) is 0 Å². The minimum absolute atomic E-state index is 0. The van der Waals surface area contributed by atoms with Crippen LogP contribution in [0.5, 0.6) is 0 Å². The summed E-state index contributed by atoms with van der Waals surface area (Å²) < 4.78 is 22.8. The molecule has 0 unspecified atom stereocenters. The molecule has 0 atom stereocenters. The average molecular weight is 514 g/mol. The molecule has 1 aromatic carbocycles. The summed E-state index contributed by atoms with van der Waals surface area (Å²) in [6, 6.07) is 7.99. The van der Waals surface area contributed by atoms with Crippen LogP contribution in [-0.4, -0.2) is 45.0 Å².